The van der Waals surface area contributed by atoms with E-state index in [-0.39, 0.29) is 18.8 Å². The summed E-state index contributed by atoms with van der Waals surface area (Å²) in [5.74, 6) is -0.306. The number of rotatable bonds is 6. The summed E-state index contributed by atoms with van der Waals surface area (Å²) in [4.78, 5) is 23.2. The van der Waals surface area contributed by atoms with E-state index in [9.17, 15) is 14.7 Å². The largest absolute Gasteiger partial charge is 0.445 e. The summed E-state index contributed by atoms with van der Waals surface area (Å²) in [6.07, 6.45) is -0.568. The van der Waals surface area contributed by atoms with Crippen molar-refractivity contribution < 1.29 is 19.4 Å². The third kappa shape index (κ3) is 4.37. The molecule has 103 valence electrons. The van der Waals surface area contributed by atoms with E-state index in [1.54, 1.807) is 6.92 Å². The molecule has 5 nitrogen and oxygen atoms in total. The van der Waals surface area contributed by atoms with Gasteiger partial charge in [-0.1, -0.05) is 37.3 Å². The fraction of sp³-hybridized carbons (Fsp3) is 0.429. The molecule has 1 rings (SSSR count). The predicted molar refractivity (Wildman–Crippen MR) is 69.0 cm³/mol. The molecule has 0 aromatic heterocycles. The molecule has 1 unspecified atom stereocenters. The number of Topliss-reactive ketones (excluding diaryl/α,β-unsaturated/α-hetero) is 1. The van der Waals surface area contributed by atoms with Crippen molar-refractivity contribution in [1.82, 2.24) is 5.32 Å². The van der Waals surface area contributed by atoms with Gasteiger partial charge in [0.15, 0.2) is 5.78 Å². The van der Waals surface area contributed by atoms with E-state index in [2.05, 4.69) is 5.32 Å². The number of nitrogens with one attached hydrogen (secondary N) is 1. The lowest BCUT2D eigenvalue weighted by Crippen LogP contribution is -2.54. The zero-order valence-corrected chi connectivity index (χ0v) is 11.1. The minimum Gasteiger partial charge on any atom is -0.445 e. The Morgan fingerprint density at radius 3 is 2.42 bits per heavy atom. The van der Waals surface area contributed by atoms with Crippen LogP contribution in [0.5, 0.6) is 0 Å². The Labute approximate surface area is 112 Å². The highest BCUT2D eigenvalue weighted by Gasteiger charge is 2.33. The van der Waals surface area contributed by atoms with Crippen LogP contribution in [0.2, 0.25) is 0 Å². The Hall–Kier alpha value is -1.88. The first kappa shape index (κ1) is 15.2. The Morgan fingerprint density at radius 1 is 1.26 bits per heavy atom. The van der Waals surface area contributed by atoms with Crippen molar-refractivity contribution in [3.63, 3.8) is 0 Å². The second-order valence-electron chi connectivity index (χ2n) is 4.44. The number of carbonyl (C=O) groups excluding carboxylic acids is 2. The van der Waals surface area contributed by atoms with Crippen LogP contribution >= 0.6 is 0 Å². The maximum Gasteiger partial charge on any atom is 0.408 e. The number of alkyl carbamates (subject to hydrolysis) is 1. The summed E-state index contributed by atoms with van der Waals surface area (Å²) >= 11 is 0. The second kappa shape index (κ2) is 6.89. The minimum absolute atomic E-state index is 0.0991. The molecule has 0 aliphatic carbocycles. The van der Waals surface area contributed by atoms with Crippen LogP contribution in [-0.2, 0) is 21.2 Å². The van der Waals surface area contributed by atoms with Gasteiger partial charge in [0.25, 0.3) is 0 Å². The van der Waals surface area contributed by atoms with Crippen LogP contribution in [0.4, 0.5) is 4.79 Å². The maximum atomic E-state index is 11.6. The molecule has 0 aliphatic rings. The fourth-order valence-corrected chi connectivity index (χ4v) is 1.56. The highest BCUT2D eigenvalue weighted by Crippen LogP contribution is 2.09. The quantitative estimate of drug-likeness (QED) is 0.854. The van der Waals surface area contributed by atoms with Crippen LogP contribution in [-0.4, -0.2) is 24.0 Å². The van der Waals surface area contributed by atoms with E-state index >= 15 is 0 Å². The first-order valence-electron chi connectivity index (χ1n) is 6.12. The van der Waals surface area contributed by atoms with Crippen LogP contribution in [0.25, 0.3) is 0 Å². The number of carbonyl (C=O) groups is 2. The van der Waals surface area contributed by atoms with Gasteiger partial charge in [-0.2, -0.15) is 0 Å². The summed E-state index contributed by atoms with van der Waals surface area (Å²) in [6.45, 7) is 2.45. The highest BCUT2D eigenvalue weighted by molar-refractivity contribution is 5.91. The molecule has 5 heteroatoms. The van der Waals surface area contributed by atoms with Crippen molar-refractivity contribution in [1.29, 1.82) is 0 Å². The molecule has 19 heavy (non-hydrogen) atoms. The first-order valence-corrected chi connectivity index (χ1v) is 6.12. The van der Waals surface area contributed by atoms with Crippen LogP contribution in [0, 0.1) is 0 Å². The third-order valence-corrected chi connectivity index (χ3v) is 2.82. The minimum atomic E-state index is -1.40. The fourth-order valence-electron chi connectivity index (χ4n) is 1.56. The van der Waals surface area contributed by atoms with E-state index in [0.717, 1.165) is 5.56 Å². The number of hydrogen-bond donors (Lipinski definition) is 1. The molecular weight excluding hydrogens is 246 g/mol. The van der Waals surface area contributed by atoms with Crippen LogP contribution < -0.4 is 5.32 Å². The van der Waals surface area contributed by atoms with Crippen molar-refractivity contribution in [3.8, 4) is 0 Å². The standard InChI is InChI=1S/C14H18NO4/c1-3-12(17)14(2,10-16)15-13(18)19-9-11-7-5-4-6-8-11/h4-8H,3,9-10H2,1-2H3,(H,15,18). The Balaban J connectivity index is 2.52. The van der Waals surface area contributed by atoms with Gasteiger partial charge >= 0.3 is 6.09 Å². The molecule has 0 spiro atoms. The number of benzene rings is 1. The van der Waals surface area contributed by atoms with Crippen molar-refractivity contribution >= 4 is 11.9 Å². The molecule has 0 aliphatic heterocycles. The average Bonchev–Trinajstić information content (AvgIpc) is 2.45. The molecule has 1 amide bonds. The van der Waals surface area contributed by atoms with Crippen molar-refractivity contribution in [2.24, 2.45) is 0 Å². The molecular formula is C14H18NO4. The number of ketones is 1. The van der Waals surface area contributed by atoms with Gasteiger partial charge in [0.2, 0.25) is 0 Å². The summed E-state index contributed by atoms with van der Waals surface area (Å²) in [6, 6.07) is 9.16. The van der Waals surface area contributed by atoms with Gasteiger partial charge in [-0.3, -0.25) is 4.79 Å². The van der Waals surface area contributed by atoms with Gasteiger partial charge < -0.3 is 10.1 Å². The average molecular weight is 264 g/mol. The summed E-state index contributed by atoms with van der Waals surface area (Å²) in [7, 11) is 0. The molecule has 1 aromatic carbocycles. The zero-order chi connectivity index (χ0) is 14.3. The summed E-state index contributed by atoms with van der Waals surface area (Å²) in [5.41, 5.74) is -0.564. The smallest absolute Gasteiger partial charge is 0.408 e. The first-order chi connectivity index (χ1) is 9.01. The zero-order valence-electron chi connectivity index (χ0n) is 11.1. The van der Waals surface area contributed by atoms with Gasteiger partial charge in [-0.15, -0.1) is 0 Å². The molecule has 1 aromatic rings. The lowest BCUT2D eigenvalue weighted by molar-refractivity contribution is -0.126. The highest BCUT2D eigenvalue weighted by atomic mass is 16.5. The van der Waals surface area contributed by atoms with E-state index in [4.69, 9.17) is 4.74 Å². The molecule has 0 saturated heterocycles. The van der Waals surface area contributed by atoms with E-state index in [0.29, 0.717) is 0 Å². The normalized spacial score (nSPS) is 13.4. The van der Waals surface area contributed by atoms with Crippen LogP contribution in [0.1, 0.15) is 25.8 Å². The second-order valence-corrected chi connectivity index (χ2v) is 4.44. The summed E-state index contributed by atoms with van der Waals surface area (Å²) < 4.78 is 4.98. The third-order valence-electron chi connectivity index (χ3n) is 2.82. The van der Waals surface area contributed by atoms with Gasteiger partial charge in [0, 0.05) is 6.42 Å². The lowest BCUT2D eigenvalue weighted by atomic mass is 9.96. The van der Waals surface area contributed by atoms with Crippen molar-refractivity contribution in [2.75, 3.05) is 6.61 Å². The molecule has 0 fully saturated rings. The Morgan fingerprint density at radius 2 is 1.89 bits per heavy atom. The summed E-state index contributed by atoms with van der Waals surface area (Å²) in [5, 5.41) is 13.4. The van der Waals surface area contributed by atoms with Crippen LogP contribution in [0.3, 0.4) is 0 Å². The van der Waals surface area contributed by atoms with Crippen LogP contribution in [0.15, 0.2) is 30.3 Å². The molecule has 0 heterocycles. The number of amides is 1. The monoisotopic (exact) mass is 264 g/mol. The Kier molecular flexibility index (Phi) is 5.51. The number of hydrogen-bond acceptors (Lipinski definition) is 3. The lowest BCUT2D eigenvalue weighted by Gasteiger charge is -2.25. The molecule has 0 bridgehead atoms. The van der Waals surface area contributed by atoms with E-state index in [1.165, 1.54) is 6.92 Å². The van der Waals surface area contributed by atoms with Gasteiger partial charge in [0.05, 0.1) is 0 Å². The molecule has 0 saturated carbocycles. The van der Waals surface area contributed by atoms with E-state index < -0.39 is 18.2 Å². The molecule has 1 atom stereocenters. The maximum absolute atomic E-state index is 11.6. The van der Waals surface area contributed by atoms with Gasteiger partial charge in [0.1, 0.15) is 18.8 Å². The number of ether oxygens (including phenoxy) is 1. The predicted octanol–water partition coefficient (Wildman–Crippen LogP) is 2.08. The molecule has 1 radical (unpaired) electrons. The molecule has 1 N–H and O–H groups in total. The van der Waals surface area contributed by atoms with Crippen molar-refractivity contribution in [2.45, 2.75) is 32.4 Å². The van der Waals surface area contributed by atoms with Gasteiger partial charge in [-0.25, -0.2) is 9.90 Å². The van der Waals surface area contributed by atoms with Crippen molar-refractivity contribution in [3.05, 3.63) is 35.9 Å². The topological polar surface area (TPSA) is 75.3 Å². The Bertz CT molecular complexity index is 432. The SMILES string of the molecule is CCC(=O)C(C)(C[O])NC(=O)OCc1ccccc1. The van der Waals surface area contributed by atoms with E-state index in [1.807, 2.05) is 30.3 Å². The van der Waals surface area contributed by atoms with Gasteiger partial charge in [-0.05, 0) is 12.5 Å².